The van der Waals surface area contributed by atoms with Gasteiger partial charge in [-0.3, -0.25) is 0 Å². The van der Waals surface area contributed by atoms with Gasteiger partial charge < -0.3 is 10.5 Å². The van der Waals surface area contributed by atoms with Crippen LogP contribution in [0, 0.1) is 13.8 Å². The molecular formula is C19H23NO. The number of aryl methyl sites for hydroxylation is 3. The molecule has 0 radical (unpaired) electrons. The molecule has 1 aliphatic carbocycles. The number of fused-ring (bicyclic) bond motifs is 1. The van der Waals surface area contributed by atoms with Crippen LogP contribution in [-0.2, 0) is 6.42 Å². The van der Waals surface area contributed by atoms with Gasteiger partial charge in [-0.2, -0.15) is 0 Å². The monoisotopic (exact) mass is 281 g/mol. The Bertz CT molecular complexity index is 635. The standard InChI is InChI=1S/C19H23NO/c1-13-10-11-14(2)18(12-13)21-17-9-5-7-15-6-3-4-8-16(15)19(17)20/h3-4,6,8,10-12,17,19H,5,7,9,20H2,1-2H3. The Morgan fingerprint density at radius 1 is 1.10 bits per heavy atom. The summed E-state index contributed by atoms with van der Waals surface area (Å²) in [5.74, 6) is 0.967. The van der Waals surface area contributed by atoms with Crippen LogP contribution in [0.15, 0.2) is 42.5 Å². The summed E-state index contributed by atoms with van der Waals surface area (Å²) in [4.78, 5) is 0. The van der Waals surface area contributed by atoms with Crippen molar-refractivity contribution in [3.05, 3.63) is 64.7 Å². The molecule has 21 heavy (non-hydrogen) atoms. The maximum absolute atomic E-state index is 6.50. The van der Waals surface area contributed by atoms with Gasteiger partial charge in [0.05, 0.1) is 6.04 Å². The van der Waals surface area contributed by atoms with Gasteiger partial charge in [-0.15, -0.1) is 0 Å². The largest absolute Gasteiger partial charge is 0.488 e. The number of ether oxygens (including phenoxy) is 1. The summed E-state index contributed by atoms with van der Waals surface area (Å²) >= 11 is 0. The minimum absolute atomic E-state index is 0.0501. The smallest absolute Gasteiger partial charge is 0.122 e. The number of rotatable bonds is 2. The van der Waals surface area contributed by atoms with Crippen molar-refractivity contribution in [2.45, 2.75) is 45.3 Å². The Kier molecular flexibility index (Phi) is 3.98. The minimum atomic E-state index is -0.0522. The van der Waals surface area contributed by atoms with Crippen molar-refractivity contribution in [3.8, 4) is 5.75 Å². The highest BCUT2D eigenvalue weighted by Crippen LogP contribution is 2.31. The second kappa shape index (κ2) is 5.90. The van der Waals surface area contributed by atoms with Crippen LogP contribution in [-0.4, -0.2) is 6.10 Å². The highest BCUT2D eigenvalue weighted by molar-refractivity contribution is 5.37. The topological polar surface area (TPSA) is 35.2 Å². The molecule has 2 heteroatoms. The number of benzene rings is 2. The molecule has 0 aromatic heterocycles. The summed E-state index contributed by atoms with van der Waals surface area (Å²) < 4.78 is 6.29. The van der Waals surface area contributed by atoms with Gasteiger partial charge in [-0.25, -0.2) is 0 Å². The zero-order chi connectivity index (χ0) is 14.8. The van der Waals surface area contributed by atoms with Crippen LogP contribution in [0.4, 0.5) is 0 Å². The molecule has 3 rings (SSSR count). The number of hydrogen-bond donors (Lipinski definition) is 1. The summed E-state index contributed by atoms with van der Waals surface area (Å²) in [5.41, 5.74) is 11.5. The fourth-order valence-corrected chi connectivity index (χ4v) is 3.09. The van der Waals surface area contributed by atoms with Gasteiger partial charge in [0, 0.05) is 0 Å². The molecule has 1 aliphatic rings. The molecule has 2 aromatic rings. The van der Waals surface area contributed by atoms with E-state index < -0.39 is 0 Å². The minimum Gasteiger partial charge on any atom is -0.488 e. The van der Waals surface area contributed by atoms with E-state index in [4.69, 9.17) is 10.5 Å². The SMILES string of the molecule is Cc1ccc(C)c(OC2CCCc3ccccc3C2N)c1. The molecule has 2 unspecified atom stereocenters. The first-order chi connectivity index (χ1) is 10.1. The predicted molar refractivity (Wildman–Crippen MR) is 86.6 cm³/mol. The van der Waals surface area contributed by atoms with E-state index in [1.54, 1.807) is 0 Å². The van der Waals surface area contributed by atoms with Gasteiger partial charge in [0.25, 0.3) is 0 Å². The third-order valence-corrected chi connectivity index (χ3v) is 4.37. The molecule has 2 atom stereocenters. The first kappa shape index (κ1) is 14.2. The van der Waals surface area contributed by atoms with Gasteiger partial charge >= 0.3 is 0 Å². The third kappa shape index (κ3) is 2.96. The molecule has 2 N–H and O–H groups in total. The predicted octanol–water partition coefficient (Wildman–Crippen LogP) is 4.09. The lowest BCUT2D eigenvalue weighted by Crippen LogP contribution is -2.31. The lowest BCUT2D eigenvalue weighted by molar-refractivity contribution is 0.161. The fraction of sp³-hybridized carbons (Fsp3) is 0.368. The van der Waals surface area contributed by atoms with Gasteiger partial charge in [-0.1, -0.05) is 36.4 Å². The van der Waals surface area contributed by atoms with E-state index >= 15 is 0 Å². The Labute approximate surface area is 126 Å². The molecule has 0 saturated heterocycles. The lowest BCUT2D eigenvalue weighted by Gasteiger charge is -2.25. The van der Waals surface area contributed by atoms with Gasteiger partial charge in [0.1, 0.15) is 11.9 Å². The summed E-state index contributed by atoms with van der Waals surface area (Å²) in [6, 6.07) is 14.8. The lowest BCUT2D eigenvalue weighted by atomic mass is 9.98. The van der Waals surface area contributed by atoms with E-state index in [-0.39, 0.29) is 12.1 Å². The Morgan fingerprint density at radius 2 is 1.90 bits per heavy atom. The summed E-state index contributed by atoms with van der Waals surface area (Å²) in [7, 11) is 0. The maximum atomic E-state index is 6.50. The van der Waals surface area contributed by atoms with Crippen LogP contribution in [0.1, 0.15) is 41.1 Å². The van der Waals surface area contributed by atoms with Crippen LogP contribution in [0.2, 0.25) is 0 Å². The van der Waals surface area contributed by atoms with Crippen molar-refractivity contribution in [1.82, 2.24) is 0 Å². The summed E-state index contributed by atoms with van der Waals surface area (Å²) in [6.07, 6.45) is 3.27. The van der Waals surface area contributed by atoms with E-state index in [1.165, 1.54) is 22.3 Å². The van der Waals surface area contributed by atoms with Crippen LogP contribution in [0.25, 0.3) is 0 Å². The van der Waals surface area contributed by atoms with Gasteiger partial charge in [0.2, 0.25) is 0 Å². The van der Waals surface area contributed by atoms with Crippen molar-refractivity contribution in [2.75, 3.05) is 0 Å². The van der Waals surface area contributed by atoms with Crippen LogP contribution >= 0.6 is 0 Å². The van der Waals surface area contributed by atoms with Crippen molar-refractivity contribution in [1.29, 1.82) is 0 Å². The highest BCUT2D eigenvalue weighted by atomic mass is 16.5. The highest BCUT2D eigenvalue weighted by Gasteiger charge is 2.26. The zero-order valence-electron chi connectivity index (χ0n) is 12.8. The molecule has 2 nitrogen and oxygen atoms in total. The van der Waals surface area contributed by atoms with Crippen molar-refractivity contribution in [2.24, 2.45) is 5.73 Å². The number of hydrogen-bond acceptors (Lipinski definition) is 2. The zero-order valence-corrected chi connectivity index (χ0v) is 12.8. The van der Waals surface area contributed by atoms with Gasteiger partial charge in [0.15, 0.2) is 0 Å². The molecule has 0 spiro atoms. The molecular weight excluding hydrogens is 258 g/mol. The second-order valence-electron chi connectivity index (χ2n) is 6.04. The van der Waals surface area contributed by atoms with E-state index in [9.17, 15) is 0 Å². The van der Waals surface area contributed by atoms with E-state index in [1.807, 2.05) is 0 Å². The second-order valence-corrected chi connectivity index (χ2v) is 6.04. The normalized spacial score (nSPS) is 21.5. The van der Waals surface area contributed by atoms with E-state index in [2.05, 4.69) is 56.3 Å². The Hall–Kier alpha value is -1.80. The van der Waals surface area contributed by atoms with Crippen molar-refractivity contribution < 1.29 is 4.74 Å². The molecule has 0 bridgehead atoms. The Morgan fingerprint density at radius 3 is 2.76 bits per heavy atom. The maximum Gasteiger partial charge on any atom is 0.122 e. The summed E-state index contributed by atoms with van der Waals surface area (Å²) in [5, 5.41) is 0. The average Bonchev–Trinajstić information content (AvgIpc) is 2.64. The first-order valence-electron chi connectivity index (χ1n) is 7.72. The average molecular weight is 281 g/mol. The molecule has 0 fully saturated rings. The summed E-state index contributed by atoms with van der Waals surface area (Å²) in [6.45, 7) is 4.18. The van der Waals surface area contributed by atoms with E-state index in [0.717, 1.165) is 25.0 Å². The third-order valence-electron chi connectivity index (χ3n) is 4.37. The van der Waals surface area contributed by atoms with Crippen LogP contribution in [0.3, 0.4) is 0 Å². The van der Waals surface area contributed by atoms with Crippen molar-refractivity contribution in [3.63, 3.8) is 0 Å². The fourth-order valence-electron chi connectivity index (χ4n) is 3.09. The molecule has 0 saturated carbocycles. The Balaban J connectivity index is 1.87. The quantitative estimate of drug-likeness (QED) is 0.842. The van der Waals surface area contributed by atoms with Crippen molar-refractivity contribution >= 4 is 0 Å². The number of nitrogens with two attached hydrogens (primary N) is 1. The van der Waals surface area contributed by atoms with Crippen LogP contribution < -0.4 is 10.5 Å². The molecule has 0 amide bonds. The molecule has 0 aliphatic heterocycles. The van der Waals surface area contributed by atoms with E-state index in [0.29, 0.717) is 0 Å². The molecule has 2 aromatic carbocycles. The van der Waals surface area contributed by atoms with Crippen LogP contribution in [0.5, 0.6) is 5.75 Å². The molecule has 0 heterocycles. The molecule has 110 valence electrons. The van der Waals surface area contributed by atoms with Gasteiger partial charge in [-0.05, 0) is 61.4 Å². The first-order valence-corrected chi connectivity index (χ1v) is 7.72.